The van der Waals surface area contributed by atoms with Gasteiger partial charge in [-0.05, 0) is 37.5 Å². The van der Waals surface area contributed by atoms with Gasteiger partial charge in [0.05, 0.1) is 12.6 Å². The van der Waals surface area contributed by atoms with Gasteiger partial charge in [0.1, 0.15) is 5.75 Å². The van der Waals surface area contributed by atoms with Crippen molar-refractivity contribution < 1.29 is 14.3 Å². The standard InChI is InChI=1S/C19H27N3O3.ClH/c1-14-5-6-15(13-16(14)25-2)17(23)21-9-11-22(12-10-21)18(24)19(20)7-3-4-8-19;/h5-6,13H,3-4,7-12,20H2,1-2H3;1H. The van der Waals surface area contributed by atoms with Crippen LogP contribution in [0.5, 0.6) is 5.75 Å². The van der Waals surface area contributed by atoms with E-state index in [-0.39, 0.29) is 24.2 Å². The van der Waals surface area contributed by atoms with Crippen molar-refractivity contribution in [3.8, 4) is 5.75 Å². The number of nitrogens with two attached hydrogens (primary N) is 1. The topological polar surface area (TPSA) is 75.9 Å². The average molecular weight is 382 g/mol. The summed E-state index contributed by atoms with van der Waals surface area (Å²) in [5.74, 6) is 0.744. The van der Waals surface area contributed by atoms with Crippen molar-refractivity contribution in [1.29, 1.82) is 0 Å². The molecule has 2 amide bonds. The van der Waals surface area contributed by atoms with Gasteiger partial charge in [-0.2, -0.15) is 0 Å². The first kappa shape index (κ1) is 20.5. The summed E-state index contributed by atoms with van der Waals surface area (Å²) in [7, 11) is 1.60. The molecule has 2 aliphatic rings. The third-order valence-corrected chi connectivity index (χ3v) is 5.43. The molecule has 2 N–H and O–H groups in total. The van der Waals surface area contributed by atoms with Crippen LogP contribution >= 0.6 is 12.4 Å². The van der Waals surface area contributed by atoms with Gasteiger partial charge in [-0.3, -0.25) is 9.59 Å². The molecule has 6 nitrogen and oxygen atoms in total. The van der Waals surface area contributed by atoms with Crippen molar-refractivity contribution in [3.05, 3.63) is 29.3 Å². The number of carbonyl (C=O) groups excluding carboxylic acids is 2. The molecular formula is C19H28ClN3O3. The zero-order chi connectivity index (χ0) is 18.0. The molecule has 1 aromatic rings. The number of halogens is 1. The number of ether oxygens (including phenoxy) is 1. The minimum absolute atomic E-state index is 0. The highest BCUT2D eigenvalue weighted by Crippen LogP contribution is 2.29. The minimum Gasteiger partial charge on any atom is -0.496 e. The minimum atomic E-state index is -0.684. The first-order valence-electron chi connectivity index (χ1n) is 8.97. The molecule has 7 heteroatoms. The predicted molar refractivity (Wildman–Crippen MR) is 103 cm³/mol. The Labute approximate surface area is 161 Å². The van der Waals surface area contributed by atoms with E-state index < -0.39 is 5.54 Å². The molecule has 1 saturated heterocycles. The Kier molecular flexibility index (Phi) is 6.53. The van der Waals surface area contributed by atoms with Crippen LogP contribution in [0.2, 0.25) is 0 Å². The molecule has 2 fully saturated rings. The molecule has 0 atom stereocenters. The lowest BCUT2D eigenvalue weighted by atomic mass is 9.97. The van der Waals surface area contributed by atoms with Crippen LogP contribution in [-0.4, -0.2) is 60.4 Å². The number of methoxy groups -OCH3 is 1. The van der Waals surface area contributed by atoms with E-state index in [1.165, 1.54) is 0 Å². The van der Waals surface area contributed by atoms with Gasteiger partial charge in [0.15, 0.2) is 0 Å². The van der Waals surface area contributed by atoms with Crippen LogP contribution in [0.25, 0.3) is 0 Å². The van der Waals surface area contributed by atoms with Crippen molar-refractivity contribution in [2.45, 2.75) is 38.1 Å². The summed E-state index contributed by atoms with van der Waals surface area (Å²) in [6.45, 7) is 4.12. The molecule has 26 heavy (non-hydrogen) atoms. The number of hydrogen-bond donors (Lipinski definition) is 1. The Bertz CT molecular complexity index is 666. The highest BCUT2D eigenvalue weighted by atomic mass is 35.5. The number of carbonyl (C=O) groups is 2. The number of piperazine rings is 1. The molecule has 0 radical (unpaired) electrons. The summed E-state index contributed by atoms with van der Waals surface area (Å²) in [5, 5.41) is 0. The van der Waals surface area contributed by atoms with Crippen LogP contribution in [0.1, 0.15) is 41.6 Å². The van der Waals surface area contributed by atoms with Crippen LogP contribution in [0.15, 0.2) is 18.2 Å². The smallest absolute Gasteiger partial charge is 0.254 e. The number of benzene rings is 1. The van der Waals surface area contributed by atoms with Gasteiger partial charge in [0.25, 0.3) is 5.91 Å². The van der Waals surface area contributed by atoms with E-state index in [2.05, 4.69) is 0 Å². The molecule has 0 spiro atoms. The number of rotatable bonds is 3. The van der Waals surface area contributed by atoms with Crippen molar-refractivity contribution in [2.75, 3.05) is 33.3 Å². The number of amides is 2. The van der Waals surface area contributed by atoms with Crippen molar-refractivity contribution in [3.63, 3.8) is 0 Å². The van der Waals surface area contributed by atoms with Gasteiger partial charge in [-0.15, -0.1) is 12.4 Å². The third-order valence-electron chi connectivity index (χ3n) is 5.43. The van der Waals surface area contributed by atoms with Gasteiger partial charge < -0.3 is 20.3 Å². The van der Waals surface area contributed by atoms with E-state index in [4.69, 9.17) is 10.5 Å². The summed E-state index contributed by atoms with van der Waals surface area (Å²) < 4.78 is 5.30. The maximum Gasteiger partial charge on any atom is 0.254 e. The summed E-state index contributed by atoms with van der Waals surface area (Å²) >= 11 is 0. The van der Waals surface area contributed by atoms with Crippen molar-refractivity contribution in [2.24, 2.45) is 5.73 Å². The average Bonchev–Trinajstić information content (AvgIpc) is 3.09. The molecule has 0 aromatic heterocycles. The molecule has 1 aliphatic carbocycles. The normalized spacial score (nSPS) is 19.0. The molecule has 0 unspecified atom stereocenters. The van der Waals surface area contributed by atoms with E-state index >= 15 is 0 Å². The number of aryl methyl sites for hydroxylation is 1. The molecule has 1 saturated carbocycles. The molecule has 144 valence electrons. The summed E-state index contributed by atoms with van der Waals surface area (Å²) in [5.41, 5.74) is 7.21. The van der Waals surface area contributed by atoms with Crippen LogP contribution in [0.4, 0.5) is 0 Å². The van der Waals surface area contributed by atoms with Crippen LogP contribution in [0.3, 0.4) is 0 Å². The Morgan fingerprint density at radius 3 is 2.23 bits per heavy atom. The van der Waals surface area contributed by atoms with Gasteiger partial charge in [-0.1, -0.05) is 18.9 Å². The first-order valence-corrected chi connectivity index (χ1v) is 8.97. The van der Waals surface area contributed by atoms with Crippen molar-refractivity contribution >= 4 is 24.2 Å². The summed E-state index contributed by atoms with van der Waals surface area (Å²) in [4.78, 5) is 29.0. The highest BCUT2D eigenvalue weighted by molar-refractivity contribution is 5.95. The monoisotopic (exact) mass is 381 g/mol. The maximum absolute atomic E-state index is 12.7. The van der Waals surface area contributed by atoms with E-state index in [1.54, 1.807) is 18.1 Å². The van der Waals surface area contributed by atoms with Gasteiger partial charge in [0.2, 0.25) is 5.91 Å². The molecule has 1 heterocycles. The third kappa shape index (κ3) is 3.96. The molecule has 1 aromatic carbocycles. The van der Waals surface area contributed by atoms with E-state index in [9.17, 15) is 9.59 Å². The second-order valence-electron chi connectivity index (χ2n) is 7.13. The Balaban J connectivity index is 0.00000243. The van der Waals surface area contributed by atoms with Crippen molar-refractivity contribution in [1.82, 2.24) is 9.80 Å². The van der Waals surface area contributed by atoms with Crippen LogP contribution in [-0.2, 0) is 4.79 Å². The lowest BCUT2D eigenvalue weighted by molar-refractivity contribution is -0.138. The predicted octanol–water partition coefficient (Wildman–Crippen LogP) is 1.98. The number of hydrogen-bond acceptors (Lipinski definition) is 4. The fraction of sp³-hybridized carbons (Fsp3) is 0.579. The zero-order valence-electron chi connectivity index (χ0n) is 15.5. The second kappa shape index (κ2) is 8.27. The SMILES string of the molecule is COc1cc(C(=O)N2CCN(C(=O)C3(N)CCCC3)CC2)ccc1C.Cl. The Morgan fingerprint density at radius 2 is 1.65 bits per heavy atom. The van der Waals surface area contributed by atoms with Gasteiger partial charge >= 0.3 is 0 Å². The molecule has 3 rings (SSSR count). The first-order chi connectivity index (χ1) is 11.9. The fourth-order valence-corrected chi connectivity index (χ4v) is 3.78. The molecule has 1 aliphatic heterocycles. The van der Waals surface area contributed by atoms with E-state index in [0.717, 1.165) is 31.2 Å². The van der Waals surface area contributed by atoms with Crippen LogP contribution < -0.4 is 10.5 Å². The number of nitrogens with zero attached hydrogens (tertiary/aromatic N) is 2. The summed E-state index contributed by atoms with van der Waals surface area (Å²) in [6, 6.07) is 5.50. The lowest BCUT2D eigenvalue weighted by Gasteiger charge is -2.38. The van der Waals surface area contributed by atoms with Gasteiger partial charge in [0, 0.05) is 31.7 Å². The van der Waals surface area contributed by atoms with Crippen LogP contribution in [0, 0.1) is 6.92 Å². The Morgan fingerprint density at radius 1 is 1.08 bits per heavy atom. The highest BCUT2D eigenvalue weighted by Gasteiger charge is 2.40. The second-order valence-corrected chi connectivity index (χ2v) is 7.13. The largest absolute Gasteiger partial charge is 0.496 e. The fourth-order valence-electron chi connectivity index (χ4n) is 3.78. The summed E-state index contributed by atoms with van der Waals surface area (Å²) in [6.07, 6.45) is 3.59. The van der Waals surface area contributed by atoms with E-state index in [0.29, 0.717) is 37.5 Å². The lowest BCUT2D eigenvalue weighted by Crippen LogP contribution is -2.59. The molecular weight excluding hydrogens is 354 g/mol. The maximum atomic E-state index is 12.7. The molecule has 0 bridgehead atoms. The van der Waals surface area contributed by atoms with E-state index in [1.807, 2.05) is 24.0 Å². The quantitative estimate of drug-likeness (QED) is 0.868. The Hall–Kier alpha value is -1.79. The zero-order valence-corrected chi connectivity index (χ0v) is 16.3. The van der Waals surface area contributed by atoms with Gasteiger partial charge in [-0.25, -0.2) is 0 Å².